The van der Waals surface area contributed by atoms with Gasteiger partial charge in [0.2, 0.25) is 0 Å². The SMILES string of the molecule is Cc1c(C)c(C)c([C@H](N)CC(F)(F)F)c(C)c1C.Cl. The lowest BCUT2D eigenvalue weighted by Gasteiger charge is -2.23. The highest BCUT2D eigenvalue weighted by Gasteiger charge is 2.32. The van der Waals surface area contributed by atoms with Crippen molar-refractivity contribution < 1.29 is 13.2 Å². The smallest absolute Gasteiger partial charge is 0.324 e. The van der Waals surface area contributed by atoms with Gasteiger partial charge in [-0.2, -0.15) is 13.2 Å². The zero-order chi connectivity index (χ0) is 14.2. The van der Waals surface area contributed by atoms with Crippen LogP contribution >= 0.6 is 12.4 Å². The third kappa shape index (κ3) is 3.86. The first kappa shape index (κ1) is 18.3. The average Bonchev–Trinajstić information content (AvgIpc) is 2.21. The van der Waals surface area contributed by atoms with Crippen LogP contribution in [-0.4, -0.2) is 6.18 Å². The van der Waals surface area contributed by atoms with Gasteiger partial charge >= 0.3 is 6.18 Å². The lowest BCUT2D eigenvalue weighted by Crippen LogP contribution is -2.22. The van der Waals surface area contributed by atoms with Crippen LogP contribution in [0.2, 0.25) is 0 Å². The molecule has 5 heteroatoms. The summed E-state index contributed by atoms with van der Waals surface area (Å²) in [5, 5.41) is 0. The van der Waals surface area contributed by atoms with Crippen LogP contribution in [0.4, 0.5) is 13.2 Å². The minimum Gasteiger partial charge on any atom is -0.324 e. The van der Waals surface area contributed by atoms with E-state index in [1.807, 2.05) is 34.6 Å². The van der Waals surface area contributed by atoms with Gasteiger partial charge in [0.25, 0.3) is 0 Å². The van der Waals surface area contributed by atoms with Crippen LogP contribution in [0.1, 0.15) is 45.8 Å². The van der Waals surface area contributed by atoms with Crippen molar-refractivity contribution in [1.82, 2.24) is 0 Å². The molecule has 1 aromatic rings. The predicted molar refractivity (Wildman–Crippen MR) is 75.0 cm³/mol. The minimum absolute atomic E-state index is 0. The second-order valence-corrected chi connectivity index (χ2v) is 4.96. The van der Waals surface area contributed by atoms with E-state index in [0.29, 0.717) is 5.56 Å². The van der Waals surface area contributed by atoms with Gasteiger partial charge in [0.05, 0.1) is 6.42 Å². The molecule has 0 aliphatic rings. The molecule has 0 aliphatic heterocycles. The van der Waals surface area contributed by atoms with Gasteiger partial charge in [0, 0.05) is 6.04 Å². The van der Waals surface area contributed by atoms with Crippen LogP contribution in [0, 0.1) is 34.6 Å². The molecule has 0 aromatic heterocycles. The van der Waals surface area contributed by atoms with E-state index in [4.69, 9.17) is 5.73 Å². The van der Waals surface area contributed by atoms with E-state index in [-0.39, 0.29) is 12.4 Å². The van der Waals surface area contributed by atoms with Crippen molar-refractivity contribution in [2.24, 2.45) is 5.73 Å². The van der Waals surface area contributed by atoms with Crippen LogP contribution in [-0.2, 0) is 0 Å². The molecule has 0 unspecified atom stereocenters. The summed E-state index contributed by atoms with van der Waals surface area (Å²) in [6, 6.07) is -0.983. The van der Waals surface area contributed by atoms with E-state index >= 15 is 0 Å². The zero-order valence-corrected chi connectivity index (χ0v) is 12.7. The number of rotatable bonds is 2. The molecular formula is C14H21ClF3N. The van der Waals surface area contributed by atoms with Crippen LogP contribution in [0.15, 0.2) is 0 Å². The summed E-state index contributed by atoms with van der Waals surface area (Å²) in [5.74, 6) is 0. The zero-order valence-electron chi connectivity index (χ0n) is 11.9. The Labute approximate surface area is 118 Å². The first-order valence-corrected chi connectivity index (χ1v) is 5.95. The fourth-order valence-corrected chi connectivity index (χ4v) is 2.44. The van der Waals surface area contributed by atoms with Gasteiger partial charge in [0.1, 0.15) is 0 Å². The molecular weight excluding hydrogens is 275 g/mol. The molecule has 0 aliphatic carbocycles. The molecule has 1 rings (SSSR count). The van der Waals surface area contributed by atoms with Crippen molar-refractivity contribution in [2.45, 2.75) is 53.3 Å². The van der Waals surface area contributed by atoms with Crippen molar-refractivity contribution in [2.75, 3.05) is 0 Å². The lowest BCUT2D eigenvalue weighted by molar-refractivity contribution is -0.138. The van der Waals surface area contributed by atoms with Gasteiger partial charge in [-0.15, -0.1) is 12.4 Å². The fourth-order valence-electron chi connectivity index (χ4n) is 2.44. The Bertz CT molecular complexity index is 438. The summed E-state index contributed by atoms with van der Waals surface area (Å²) >= 11 is 0. The van der Waals surface area contributed by atoms with Gasteiger partial charge in [-0.05, 0) is 68.0 Å². The van der Waals surface area contributed by atoms with E-state index in [9.17, 15) is 13.2 Å². The number of hydrogen-bond acceptors (Lipinski definition) is 1. The molecule has 2 N–H and O–H groups in total. The fraction of sp³-hybridized carbons (Fsp3) is 0.571. The summed E-state index contributed by atoms with van der Waals surface area (Å²) in [5.41, 5.74) is 11.4. The van der Waals surface area contributed by atoms with Gasteiger partial charge in [-0.3, -0.25) is 0 Å². The number of hydrogen-bond donors (Lipinski definition) is 1. The number of halogens is 4. The summed E-state index contributed by atoms with van der Waals surface area (Å²) in [4.78, 5) is 0. The Morgan fingerprint density at radius 2 is 1.16 bits per heavy atom. The second-order valence-electron chi connectivity index (χ2n) is 4.96. The lowest BCUT2D eigenvalue weighted by atomic mass is 9.85. The van der Waals surface area contributed by atoms with Crippen LogP contribution in [0.25, 0.3) is 0 Å². The van der Waals surface area contributed by atoms with Gasteiger partial charge < -0.3 is 5.73 Å². The Kier molecular flexibility index (Phi) is 5.90. The molecule has 1 nitrogen and oxygen atoms in total. The summed E-state index contributed by atoms with van der Waals surface area (Å²) in [6.07, 6.45) is -5.21. The predicted octanol–water partition coefficient (Wildman–Crippen LogP) is 4.60. The molecule has 0 saturated heterocycles. The first-order chi connectivity index (χ1) is 8.06. The van der Waals surface area contributed by atoms with Crippen LogP contribution < -0.4 is 5.73 Å². The van der Waals surface area contributed by atoms with E-state index in [1.54, 1.807) is 0 Å². The van der Waals surface area contributed by atoms with Crippen molar-refractivity contribution in [3.63, 3.8) is 0 Å². The molecule has 0 amide bonds. The quantitative estimate of drug-likeness (QED) is 0.847. The Morgan fingerprint density at radius 3 is 1.47 bits per heavy atom. The van der Waals surface area contributed by atoms with Crippen LogP contribution in [0.3, 0.4) is 0 Å². The maximum absolute atomic E-state index is 12.5. The van der Waals surface area contributed by atoms with Gasteiger partial charge in [-0.1, -0.05) is 0 Å². The molecule has 1 atom stereocenters. The van der Waals surface area contributed by atoms with E-state index < -0.39 is 18.6 Å². The Morgan fingerprint density at radius 1 is 0.842 bits per heavy atom. The average molecular weight is 296 g/mol. The standard InChI is InChI=1S/C14H20F3N.ClH/c1-7-8(2)10(4)13(11(5)9(7)3)12(18)6-14(15,16)17;/h12H,6,18H2,1-5H3;1H/t12-;/m1./s1. The summed E-state index contributed by atoms with van der Waals surface area (Å²) < 4.78 is 37.4. The number of alkyl halides is 3. The van der Waals surface area contributed by atoms with E-state index in [2.05, 4.69) is 0 Å². The maximum atomic E-state index is 12.5. The Balaban J connectivity index is 0.00000324. The topological polar surface area (TPSA) is 26.0 Å². The monoisotopic (exact) mass is 295 g/mol. The highest BCUT2D eigenvalue weighted by Crippen LogP contribution is 2.34. The Hall–Kier alpha value is -0.740. The highest BCUT2D eigenvalue weighted by atomic mass is 35.5. The van der Waals surface area contributed by atoms with Gasteiger partial charge in [-0.25, -0.2) is 0 Å². The minimum atomic E-state index is -4.23. The summed E-state index contributed by atoms with van der Waals surface area (Å²) in [7, 11) is 0. The molecule has 0 fully saturated rings. The van der Waals surface area contributed by atoms with E-state index in [1.165, 1.54) is 0 Å². The summed E-state index contributed by atoms with van der Waals surface area (Å²) in [6.45, 7) is 9.55. The van der Waals surface area contributed by atoms with Crippen molar-refractivity contribution in [3.8, 4) is 0 Å². The largest absolute Gasteiger partial charge is 0.390 e. The first-order valence-electron chi connectivity index (χ1n) is 5.95. The molecule has 19 heavy (non-hydrogen) atoms. The van der Waals surface area contributed by atoms with Crippen molar-refractivity contribution in [1.29, 1.82) is 0 Å². The second kappa shape index (κ2) is 6.14. The van der Waals surface area contributed by atoms with Crippen molar-refractivity contribution in [3.05, 3.63) is 33.4 Å². The molecule has 0 spiro atoms. The van der Waals surface area contributed by atoms with Gasteiger partial charge in [0.15, 0.2) is 0 Å². The highest BCUT2D eigenvalue weighted by molar-refractivity contribution is 5.85. The number of nitrogens with two attached hydrogens (primary N) is 1. The molecule has 0 heterocycles. The molecule has 1 aromatic carbocycles. The third-order valence-corrected chi connectivity index (χ3v) is 3.88. The molecule has 0 radical (unpaired) electrons. The molecule has 110 valence electrons. The van der Waals surface area contributed by atoms with Crippen LogP contribution in [0.5, 0.6) is 0 Å². The van der Waals surface area contributed by atoms with E-state index in [0.717, 1.165) is 27.8 Å². The molecule has 0 saturated carbocycles. The third-order valence-electron chi connectivity index (χ3n) is 3.88. The number of benzene rings is 1. The maximum Gasteiger partial charge on any atom is 0.390 e. The normalized spacial score (nSPS) is 13.1. The van der Waals surface area contributed by atoms with Crippen molar-refractivity contribution >= 4 is 12.4 Å². The molecule has 0 bridgehead atoms.